The maximum atomic E-state index is 4.36. The highest BCUT2D eigenvalue weighted by molar-refractivity contribution is 5.39. The molecule has 6 nitrogen and oxygen atoms in total. The summed E-state index contributed by atoms with van der Waals surface area (Å²) in [6, 6.07) is 0.263. The highest BCUT2D eigenvalue weighted by atomic mass is 15.3. The number of aromatic nitrogens is 5. The molecule has 0 radical (unpaired) electrons. The second kappa shape index (κ2) is 4.12. The first-order valence-corrected chi connectivity index (χ1v) is 5.73. The molecule has 1 atom stereocenters. The first kappa shape index (κ1) is 10.2. The SMILES string of the molecule is Cn1cnnc1C1CCCN1c1cnccn1. The molecule has 17 heavy (non-hydrogen) atoms. The fourth-order valence-corrected chi connectivity index (χ4v) is 2.34. The van der Waals surface area contributed by atoms with Gasteiger partial charge < -0.3 is 9.47 Å². The fraction of sp³-hybridized carbons (Fsp3) is 0.455. The summed E-state index contributed by atoms with van der Waals surface area (Å²) in [6.07, 6.45) is 9.19. The van der Waals surface area contributed by atoms with Gasteiger partial charge in [0.05, 0.1) is 12.2 Å². The summed E-state index contributed by atoms with van der Waals surface area (Å²) >= 11 is 0. The Labute approximate surface area is 99.3 Å². The van der Waals surface area contributed by atoms with Crippen LogP contribution >= 0.6 is 0 Å². The van der Waals surface area contributed by atoms with Crippen LogP contribution in [-0.4, -0.2) is 31.3 Å². The van der Waals surface area contributed by atoms with Crippen molar-refractivity contribution in [2.75, 3.05) is 11.4 Å². The molecule has 0 spiro atoms. The maximum absolute atomic E-state index is 4.36. The van der Waals surface area contributed by atoms with Gasteiger partial charge >= 0.3 is 0 Å². The third-order valence-corrected chi connectivity index (χ3v) is 3.14. The van der Waals surface area contributed by atoms with Crippen molar-refractivity contribution < 1.29 is 0 Å². The Balaban J connectivity index is 1.93. The number of anilines is 1. The van der Waals surface area contributed by atoms with Gasteiger partial charge in [-0.2, -0.15) is 0 Å². The molecule has 0 aliphatic carbocycles. The van der Waals surface area contributed by atoms with Crippen molar-refractivity contribution in [1.29, 1.82) is 0 Å². The van der Waals surface area contributed by atoms with Crippen LogP contribution in [0.15, 0.2) is 24.9 Å². The molecule has 1 saturated heterocycles. The number of aryl methyl sites for hydroxylation is 1. The first-order chi connectivity index (χ1) is 8.36. The van der Waals surface area contributed by atoms with E-state index in [1.807, 2.05) is 11.6 Å². The van der Waals surface area contributed by atoms with Gasteiger partial charge in [0, 0.05) is 26.0 Å². The molecule has 0 bridgehead atoms. The van der Waals surface area contributed by atoms with E-state index in [4.69, 9.17) is 0 Å². The van der Waals surface area contributed by atoms with Gasteiger partial charge in [-0.15, -0.1) is 10.2 Å². The second-order valence-electron chi connectivity index (χ2n) is 4.22. The fourth-order valence-electron chi connectivity index (χ4n) is 2.34. The Morgan fingerprint density at radius 3 is 3.00 bits per heavy atom. The van der Waals surface area contributed by atoms with Crippen molar-refractivity contribution in [2.45, 2.75) is 18.9 Å². The smallest absolute Gasteiger partial charge is 0.155 e. The van der Waals surface area contributed by atoms with Crippen molar-refractivity contribution in [2.24, 2.45) is 7.05 Å². The Hall–Kier alpha value is -1.98. The summed E-state index contributed by atoms with van der Waals surface area (Å²) in [5.41, 5.74) is 0. The van der Waals surface area contributed by atoms with E-state index in [0.29, 0.717) is 0 Å². The van der Waals surface area contributed by atoms with Gasteiger partial charge in [-0.3, -0.25) is 4.98 Å². The average Bonchev–Trinajstić information content (AvgIpc) is 2.98. The summed E-state index contributed by atoms with van der Waals surface area (Å²) in [4.78, 5) is 10.7. The van der Waals surface area contributed by atoms with Crippen LogP contribution in [0.5, 0.6) is 0 Å². The van der Waals surface area contributed by atoms with Gasteiger partial charge in [0.15, 0.2) is 5.82 Å². The van der Waals surface area contributed by atoms with E-state index in [9.17, 15) is 0 Å². The normalized spacial score (nSPS) is 19.8. The monoisotopic (exact) mass is 230 g/mol. The topological polar surface area (TPSA) is 59.7 Å². The Bertz CT molecular complexity index is 494. The van der Waals surface area contributed by atoms with Crippen molar-refractivity contribution >= 4 is 5.82 Å². The van der Waals surface area contributed by atoms with Crippen molar-refractivity contribution in [3.63, 3.8) is 0 Å². The molecule has 0 N–H and O–H groups in total. The summed E-state index contributed by atoms with van der Waals surface area (Å²) in [7, 11) is 1.97. The number of hydrogen-bond donors (Lipinski definition) is 0. The molecule has 0 aromatic carbocycles. The predicted octanol–water partition coefficient (Wildman–Crippen LogP) is 0.947. The van der Waals surface area contributed by atoms with E-state index in [0.717, 1.165) is 31.0 Å². The number of rotatable bonds is 2. The van der Waals surface area contributed by atoms with E-state index in [2.05, 4.69) is 25.1 Å². The van der Waals surface area contributed by atoms with Gasteiger partial charge in [-0.05, 0) is 12.8 Å². The second-order valence-corrected chi connectivity index (χ2v) is 4.22. The van der Waals surface area contributed by atoms with Crippen LogP contribution in [0.4, 0.5) is 5.82 Å². The van der Waals surface area contributed by atoms with Crippen molar-refractivity contribution in [1.82, 2.24) is 24.7 Å². The number of hydrogen-bond acceptors (Lipinski definition) is 5. The van der Waals surface area contributed by atoms with Gasteiger partial charge in [0.2, 0.25) is 0 Å². The zero-order valence-corrected chi connectivity index (χ0v) is 9.69. The summed E-state index contributed by atoms with van der Waals surface area (Å²) < 4.78 is 1.97. The zero-order chi connectivity index (χ0) is 11.7. The molecule has 1 fully saturated rings. The minimum absolute atomic E-state index is 0.263. The van der Waals surface area contributed by atoms with E-state index >= 15 is 0 Å². The highest BCUT2D eigenvalue weighted by Crippen LogP contribution is 2.33. The van der Waals surface area contributed by atoms with Crippen LogP contribution in [-0.2, 0) is 7.05 Å². The van der Waals surface area contributed by atoms with Crippen LogP contribution in [0.1, 0.15) is 24.7 Å². The molecule has 1 unspecified atom stereocenters. The van der Waals surface area contributed by atoms with Crippen molar-refractivity contribution in [3.05, 3.63) is 30.7 Å². The van der Waals surface area contributed by atoms with E-state index in [1.54, 1.807) is 24.9 Å². The molecule has 2 aromatic rings. The highest BCUT2D eigenvalue weighted by Gasteiger charge is 2.30. The van der Waals surface area contributed by atoms with Gasteiger partial charge in [-0.1, -0.05) is 0 Å². The summed E-state index contributed by atoms with van der Waals surface area (Å²) in [5, 5.41) is 8.14. The third kappa shape index (κ3) is 1.75. The quantitative estimate of drug-likeness (QED) is 0.768. The van der Waals surface area contributed by atoms with E-state index in [-0.39, 0.29) is 6.04 Å². The van der Waals surface area contributed by atoms with E-state index in [1.165, 1.54) is 0 Å². The Kier molecular flexibility index (Phi) is 2.47. The molecule has 0 saturated carbocycles. The molecular weight excluding hydrogens is 216 g/mol. The molecule has 3 heterocycles. The molecule has 6 heteroatoms. The third-order valence-electron chi connectivity index (χ3n) is 3.14. The lowest BCUT2D eigenvalue weighted by atomic mass is 10.2. The molecular formula is C11H14N6. The summed E-state index contributed by atoms with van der Waals surface area (Å²) in [6.45, 7) is 0.996. The lowest BCUT2D eigenvalue weighted by Gasteiger charge is -2.24. The standard InChI is InChI=1S/C11H14N6/c1-16-8-14-15-11(16)9-3-2-6-17(9)10-7-12-4-5-13-10/h4-5,7-9H,2-3,6H2,1H3. The van der Waals surface area contributed by atoms with Crippen LogP contribution in [0.3, 0.4) is 0 Å². The first-order valence-electron chi connectivity index (χ1n) is 5.73. The molecule has 1 aliphatic rings. The van der Waals surface area contributed by atoms with Gasteiger partial charge in [0.1, 0.15) is 12.1 Å². The Morgan fingerprint density at radius 2 is 2.29 bits per heavy atom. The zero-order valence-electron chi connectivity index (χ0n) is 9.69. The van der Waals surface area contributed by atoms with Crippen molar-refractivity contribution in [3.8, 4) is 0 Å². The van der Waals surface area contributed by atoms with E-state index < -0.39 is 0 Å². The van der Waals surface area contributed by atoms with Crippen LogP contribution in [0.2, 0.25) is 0 Å². The average molecular weight is 230 g/mol. The molecule has 0 amide bonds. The molecule has 2 aromatic heterocycles. The summed E-state index contributed by atoms with van der Waals surface area (Å²) in [5.74, 6) is 1.91. The van der Waals surface area contributed by atoms with Crippen LogP contribution in [0, 0.1) is 0 Å². The van der Waals surface area contributed by atoms with Gasteiger partial charge in [-0.25, -0.2) is 4.98 Å². The largest absolute Gasteiger partial charge is 0.345 e. The predicted molar refractivity (Wildman–Crippen MR) is 62.4 cm³/mol. The lowest BCUT2D eigenvalue weighted by molar-refractivity contribution is 0.624. The van der Waals surface area contributed by atoms with Crippen LogP contribution in [0.25, 0.3) is 0 Å². The molecule has 3 rings (SSSR count). The van der Waals surface area contributed by atoms with Crippen LogP contribution < -0.4 is 4.90 Å². The number of nitrogens with zero attached hydrogens (tertiary/aromatic N) is 6. The maximum Gasteiger partial charge on any atom is 0.155 e. The molecule has 88 valence electrons. The Morgan fingerprint density at radius 1 is 1.35 bits per heavy atom. The lowest BCUT2D eigenvalue weighted by Crippen LogP contribution is -2.25. The minimum atomic E-state index is 0.263. The molecule has 1 aliphatic heterocycles. The minimum Gasteiger partial charge on any atom is -0.345 e. The van der Waals surface area contributed by atoms with Gasteiger partial charge in [0.25, 0.3) is 0 Å².